The number of fused-ring (bicyclic) bond motifs is 4. The van der Waals surface area contributed by atoms with Crippen molar-refractivity contribution in [3.63, 3.8) is 0 Å². The summed E-state index contributed by atoms with van der Waals surface area (Å²) >= 11 is 0. The predicted octanol–water partition coefficient (Wildman–Crippen LogP) is 3.03. The summed E-state index contributed by atoms with van der Waals surface area (Å²) < 4.78 is 27.4. The predicted molar refractivity (Wildman–Crippen MR) is 97.8 cm³/mol. The van der Waals surface area contributed by atoms with Gasteiger partial charge >= 0.3 is 0 Å². The van der Waals surface area contributed by atoms with Crippen LogP contribution >= 0.6 is 0 Å². The second kappa shape index (κ2) is 7.72. The Bertz CT molecular complexity index is 814. The molecule has 0 saturated carbocycles. The number of carbonyl (C=O) groups is 1. The Hall–Kier alpha value is -2.34. The third kappa shape index (κ3) is 4.00. The van der Waals surface area contributed by atoms with Crippen molar-refractivity contribution in [2.75, 3.05) is 19.6 Å². The minimum absolute atomic E-state index is 0.0879. The fraction of sp³-hybridized carbons (Fsp3) is 0.429. The highest BCUT2D eigenvalue weighted by Crippen LogP contribution is 2.29. The van der Waals surface area contributed by atoms with Crippen LogP contribution in [0.3, 0.4) is 0 Å². The van der Waals surface area contributed by atoms with Crippen LogP contribution in [0.25, 0.3) is 0 Å². The first-order valence-corrected chi connectivity index (χ1v) is 9.44. The summed E-state index contributed by atoms with van der Waals surface area (Å²) in [4.78, 5) is 21.3. The molecule has 0 aliphatic carbocycles. The first-order valence-electron chi connectivity index (χ1n) is 9.44. The Morgan fingerprint density at radius 1 is 1.11 bits per heavy atom. The van der Waals surface area contributed by atoms with Crippen molar-refractivity contribution in [1.82, 2.24) is 14.8 Å². The molecule has 0 N–H and O–H groups in total. The number of piperidine rings is 1. The van der Waals surface area contributed by atoms with Gasteiger partial charge in [0.15, 0.2) is 11.6 Å². The van der Waals surface area contributed by atoms with Gasteiger partial charge in [-0.05, 0) is 36.5 Å². The van der Waals surface area contributed by atoms with Crippen molar-refractivity contribution in [2.45, 2.75) is 31.8 Å². The molecule has 4 nitrogen and oxygen atoms in total. The molecule has 2 aromatic rings. The molecule has 0 spiro atoms. The highest BCUT2D eigenvalue weighted by Gasteiger charge is 2.37. The summed E-state index contributed by atoms with van der Waals surface area (Å²) in [5, 5.41) is 0. The molecule has 5 rings (SSSR count). The summed E-state index contributed by atoms with van der Waals surface area (Å²) in [7, 11) is 0. The maximum absolute atomic E-state index is 13.9. The van der Waals surface area contributed by atoms with E-state index >= 15 is 0 Å². The van der Waals surface area contributed by atoms with Gasteiger partial charge in [-0.1, -0.05) is 18.2 Å². The van der Waals surface area contributed by atoms with Crippen molar-refractivity contribution in [3.05, 3.63) is 65.5 Å². The lowest BCUT2D eigenvalue weighted by Gasteiger charge is -2.36. The van der Waals surface area contributed by atoms with E-state index in [2.05, 4.69) is 16.0 Å². The Balaban J connectivity index is 1.45. The van der Waals surface area contributed by atoms with E-state index in [9.17, 15) is 13.6 Å². The Morgan fingerprint density at radius 3 is 2.81 bits per heavy atom. The van der Waals surface area contributed by atoms with Gasteiger partial charge in [0, 0.05) is 50.2 Å². The lowest BCUT2D eigenvalue weighted by Crippen LogP contribution is -2.48. The van der Waals surface area contributed by atoms with Crippen molar-refractivity contribution < 1.29 is 13.6 Å². The van der Waals surface area contributed by atoms with Crippen molar-refractivity contribution in [1.29, 1.82) is 0 Å². The summed E-state index contributed by atoms with van der Waals surface area (Å²) in [6.45, 7) is 3.28. The van der Waals surface area contributed by atoms with Gasteiger partial charge in [-0.15, -0.1) is 0 Å². The molecule has 1 aromatic heterocycles. The van der Waals surface area contributed by atoms with Crippen LogP contribution in [0, 0.1) is 17.6 Å². The van der Waals surface area contributed by atoms with E-state index in [-0.39, 0.29) is 23.9 Å². The first kappa shape index (κ1) is 18.0. The number of halogens is 2. The SMILES string of the molecule is O=C(Cc1cccc(F)c1F)N1C[C@H]2CC[C@@H]1CN(Cc1cccnc1)C2. The lowest BCUT2D eigenvalue weighted by atomic mass is 9.94. The van der Waals surface area contributed by atoms with Crippen LogP contribution in [0.5, 0.6) is 0 Å². The van der Waals surface area contributed by atoms with E-state index in [4.69, 9.17) is 0 Å². The number of benzene rings is 1. The second-order valence-corrected chi connectivity index (χ2v) is 7.59. The molecule has 1 aromatic carbocycles. The highest BCUT2D eigenvalue weighted by atomic mass is 19.2. The zero-order valence-corrected chi connectivity index (χ0v) is 15.2. The maximum Gasteiger partial charge on any atom is 0.227 e. The van der Waals surface area contributed by atoms with E-state index in [1.54, 1.807) is 6.20 Å². The van der Waals surface area contributed by atoms with Crippen LogP contribution in [0.2, 0.25) is 0 Å². The minimum Gasteiger partial charge on any atom is -0.338 e. The van der Waals surface area contributed by atoms with Gasteiger partial charge in [-0.2, -0.15) is 0 Å². The molecule has 142 valence electrons. The van der Waals surface area contributed by atoms with Gasteiger partial charge in [-0.3, -0.25) is 14.7 Å². The quantitative estimate of drug-likeness (QED) is 0.829. The lowest BCUT2D eigenvalue weighted by molar-refractivity contribution is -0.134. The van der Waals surface area contributed by atoms with Crippen LogP contribution in [0.15, 0.2) is 42.7 Å². The average molecular weight is 371 g/mol. The summed E-state index contributed by atoms with van der Waals surface area (Å²) in [5.74, 6) is -1.51. The number of nitrogens with zero attached hydrogens (tertiary/aromatic N) is 3. The molecule has 3 fully saturated rings. The van der Waals surface area contributed by atoms with Gasteiger partial charge in [0.25, 0.3) is 0 Å². The van der Waals surface area contributed by atoms with E-state index in [1.165, 1.54) is 17.7 Å². The molecule has 1 amide bonds. The number of aromatic nitrogens is 1. The number of hydrogen-bond acceptors (Lipinski definition) is 3. The summed E-state index contributed by atoms with van der Waals surface area (Å²) in [6, 6.07) is 8.14. The molecule has 0 radical (unpaired) electrons. The fourth-order valence-corrected chi connectivity index (χ4v) is 4.31. The Labute approximate surface area is 157 Å². The molecular weight excluding hydrogens is 348 g/mol. The van der Waals surface area contributed by atoms with E-state index in [0.717, 1.165) is 38.5 Å². The highest BCUT2D eigenvalue weighted by molar-refractivity contribution is 5.79. The molecule has 3 saturated heterocycles. The third-order valence-corrected chi connectivity index (χ3v) is 5.61. The monoisotopic (exact) mass is 371 g/mol. The number of pyridine rings is 1. The van der Waals surface area contributed by atoms with Gasteiger partial charge in [0.2, 0.25) is 5.91 Å². The summed E-state index contributed by atoms with van der Waals surface area (Å²) in [5.41, 5.74) is 1.30. The Morgan fingerprint density at radius 2 is 2.00 bits per heavy atom. The molecule has 0 unspecified atom stereocenters. The van der Waals surface area contributed by atoms with Crippen LogP contribution in [-0.4, -0.2) is 46.4 Å². The van der Waals surface area contributed by atoms with Crippen LogP contribution in [0.1, 0.15) is 24.0 Å². The van der Waals surface area contributed by atoms with Gasteiger partial charge in [0.05, 0.1) is 6.42 Å². The second-order valence-electron chi connectivity index (χ2n) is 7.59. The van der Waals surface area contributed by atoms with Crippen LogP contribution in [0.4, 0.5) is 8.78 Å². The molecule has 27 heavy (non-hydrogen) atoms. The van der Waals surface area contributed by atoms with Gasteiger partial charge < -0.3 is 4.90 Å². The van der Waals surface area contributed by atoms with E-state index in [1.807, 2.05) is 17.2 Å². The zero-order chi connectivity index (χ0) is 18.8. The topological polar surface area (TPSA) is 36.4 Å². The van der Waals surface area contributed by atoms with E-state index in [0.29, 0.717) is 12.5 Å². The number of carbonyl (C=O) groups excluding carboxylic acids is 1. The molecule has 3 aliphatic rings. The third-order valence-electron chi connectivity index (χ3n) is 5.61. The molecule has 6 heteroatoms. The van der Waals surface area contributed by atoms with Crippen molar-refractivity contribution in [2.24, 2.45) is 5.92 Å². The molecular formula is C21H23F2N3O. The number of rotatable bonds is 4. The fourth-order valence-electron chi connectivity index (χ4n) is 4.31. The van der Waals surface area contributed by atoms with Gasteiger partial charge in [0.1, 0.15) is 0 Å². The molecule has 2 atom stereocenters. The number of amides is 1. The smallest absolute Gasteiger partial charge is 0.227 e. The van der Waals surface area contributed by atoms with Crippen molar-refractivity contribution in [3.8, 4) is 0 Å². The minimum atomic E-state index is -0.913. The van der Waals surface area contributed by atoms with Gasteiger partial charge in [-0.25, -0.2) is 8.78 Å². The maximum atomic E-state index is 13.9. The van der Waals surface area contributed by atoms with E-state index < -0.39 is 11.6 Å². The van der Waals surface area contributed by atoms with Crippen LogP contribution in [-0.2, 0) is 17.8 Å². The Kier molecular flexibility index (Phi) is 5.16. The first-order chi connectivity index (χ1) is 13.1. The number of hydrogen-bond donors (Lipinski definition) is 0. The average Bonchev–Trinajstić information content (AvgIpc) is 2.97. The normalized spacial score (nSPS) is 22.7. The summed E-state index contributed by atoms with van der Waals surface area (Å²) in [6.07, 6.45) is 5.62. The zero-order valence-electron chi connectivity index (χ0n) is 15.2. The molecule has 2 bridgehead atoms. The molecule has 4 heterocycles. The van der Waals surface area contributed by atoms with Crippen molar-refractivity contribution >= 4 is 5.91 Å². The van der Waals surface area contributed by atoms with Crippen LogP contribution < -0.4 is 0 Å². The largest absolute Gasteiger partial charge is 0.338 e. The standard InChI is InChI=1S/C21H23F2N3O/c22-19-5-1-4-17(21(19)23)9-20(27)26-13-16-6-7-18(26)14-25(12-16)11-15-3-2-8-24-10-15/h1-5,8,10,16,18H,6-7,9,11-14H2/t16-,18+/m0/s1. The molecule has 3 aliphatic heterocycles.